The molecule has 0 bridgehead atoms. The lowest BCUT2D eigenvalue weighted by molar-refractivity contribution is 0.409. The Kier molecular flexibility index (Phi) is 6.02. The van der Waals surface area contributed by atoms with Crippen LogP contribution in [0, 0.1) is 6.92 Å². The van der Waals surface area contributed by atoms with Crippen molar-refractivity contribution < 1.29 is 4.74 Å². The van der Waals surface area contributed by atoms with Crippen LogP contribution in [0.3, 0.4) is 0 Å². The summed E-state index contributed by atoms with van der Waals surface area (Å²) in [6.45, 7) is 3.56. The fourth-order valence-corrected chi connectivity index (χ4v) is 2.39. The van der Waals surface area contributed by atoms with Gasteiger partial charge < -0.3 is 15.4 Å². The van der Waals surface area contributed by atoms with E-state index < -0.39 is 0 Å². The largest absolute Gasteiger partial charge is 0.496 e. The molecule has 23 heavy (non-hydrogen) atoms. The minimum Gasteiger partial charge on any atom is -0.496 e. The molecule has 6 nitrogen and oxygen atoms in total. The van der Waals surface area contributed by atoms with Gasteiger partial charge in [0.25, 0.3) is 0 Å². The summed E-state index contributed by atoms with van der Waals surface area (Å²) in [5.41, 5.74) is 3.54. The first-order valence-corrected chi connectivity index (χ1v) is 7.69. The van der Waals surface area contributed by atoms with Gasteiger partial charge in [-0.2, -0.15) is 5.10 Å². The Hall–Kier alpha value is -2.50. The monoisotopic (exact) mass is 315 g/mol. The molecule has 2 rings (SSSR count). The minimum absolute atomic E-state index is 0.684. The van der Waals surface area contributed by atoms with Crippen molar-refractivity contribution >= 4 is 5.96 Å². The Morgan fingerprint density at radius 2 is 2.13 bits per heavy atom. The van der Waals surface area contributed by atoms with Crippen LogP contribution in [0.4, 0.5) is 0 Å². The summed E-state index contributed by atoms with van der Waals surface area (Å²) in [6.07, 6.45) is 2.66. The van der Waals surface area contributed by atoms with E-state index in [4.69, 9.17) is 4.74 Å². The molecule has 2 aromatic rings. The second-order valence-corrected chi connectivity index (χ2v) is 5.36. The molecule has 0 saturated heterocycles. The minimum atomic E-state index is 0.684. The van der Waals surface area contributed by atoms with Gasteiger partial charge in [-0.1, -0.05) is 17.7 Å². The summed E-state index contributed by atoms with van der Waals surface area (Å²) in [4.78, 5) is 4.24. The molecule has 2 N–H and O–H groups in total. The molecule has 0 amide bonds. The van der Waals surface area contributed by atoms with E-state index in [2.05, 4.69) is 39.8 Å². The predicted molar refractivity (Wildman–Crippen MR) is 92.8 cm³/mol. The number of hydrogen-bond donors (Lipinski definition) is 2. The highest BCUT2D eigenvalue weighted by molar-refractivity contribution is 5.79. The molecule has 6 heteroatoms. The van der Waals surface area contributed by atoms with E-state index in [0.717, 1.165) is 30.4 Å². The average molecular weight is 315 g/mol. The number of aromatic nitrogens is 2. The molecule has 1 heterocycles. The number of hydrogen-bond acceptors (Lipinski definition) is 3. The van der Waals surface area contributed by atoms with E-state index in [0.29, 0.717) is 6.54 Å². The van der Waals surface area contributed by atoms with Crippen LogP contribution >= 0.6 is 0 Å². The number of benzene rings is 1. The second-order valence-electron chi connectivity index (χ2n) is 5.36. The van der Waals surface area contributed by atoms with Gasteiger partial charge in [0.1, 0.15) is 5.75 Å². The Balaban J connectivity index is 1.84. The number of guanidine groups is 1. The standard InChI is InChI=1S/C17H25N5O/c1-13-5-6-16(23-4)14(11-13)7-9-19-17(18-2)20-12-15-8-10-21-22(15)3/h5-6,8,10-11H,7,9,12H2,1-4H3,(H2,18,19,20). The van der Waals surface area contributed by atoms with Crippen LogP contribution in [0.5, 0.6) is 5.75 Å². The maximum Gasteiger partial charge on any atom is 0.191 e. The molecule has 0 saturated carbocycles. The van der Waals surface area contributed by atoms with E-state index in [9.17, 15) is 0 Å². The van der Waals surface area contributed by atoms with Gasteiger partial charge >= 0.3 is 0 Å². The Labute approximate surface area is 137 Å². The first-order valence-electron chi connectivity index (χ1n) is 7.69. The number of ether oxygens (including phenoxy) is 1. The molecule has 0 unspecified atom stereocenters. The molecule has 0 spiro atoms. The van der Waals surface area contributed by atoms with Crippen LogP contribution in [0.25, 0.3) is 0 Å². The molecule has 1 aromatic heterocycles. The Morgan fingerprint density at radius 1 is 1.30 bits per heavy atom. The predicted octanol–water partition coefficient (Wildman–Crippen LogP) is 1.64. The third-order valence-electron chi connectivity index (χ3n) is 3.71. The van der Waals surface area contributed by atoms with Crippen molar-refractivity contribution in [1.82, 2.24) is 20.4 Å². The number of aryl methyl sites for hydroxylation is 2. The maximum atomic E-state index is 5.41. The highest BCUT2D eigenvalue weighted by Gasteiger charge is 2.05. The summed E-state index contributed by atoms with van der Waals surface area (Å²) >= 11 is 0. The van der Waals surface area contributed by atoms with Crippen molar-refractivity contribution in [2.45, 2.75) is 19.9 Å². The van der Waals surface area contributed by atoms with Crippen molar-refractivity contribution in [1.29, 1.82) is 0 Å². The van der Waals surface area contributed by atoms with E-state index in [1.165, 1.54) is 11.1 Å². The van der Waals surface area contributed by atoms with Crippen molar-refractivity contribution in [3.8, 4) is 5.75 Å². The normalized spacial score (nSPS) is 11.4. The summed E-state index contributed by atoms with van der Waals surface area (Å²) in [5, 5.41) is 10.8. The molecule has 0 atom stereocenters. The van der Waals surface area contributed by atoms with Gasteiger partial charge in [-0.25, -0.2) is 0 Å². The molecular formula is C17H25N5O. The molecule has 0 aliphatic rings. The SMILES string of the molecule is CN=C(NCCc1cc(C)ccc1OC)NCc1ccnn1C. The topological polar surface area (TPSA) is 63.5 Å². The van der Waals surface area contributed by atoms with Gasteiger partial charge in [0, 0.05) is 26.8 Å². The van der Waals surface area contributed by atoms with Gasteiger partial charge in [0.2, 0.25) is 0 Å². The van der Waals surface area contributed by atoms with E-state index >= 15 is 0 Å². The zero-order valence-corrected chi connectivity index (χ0v) is 14.3. The zero-order valence-electron chi connectivity index (χ0n) is 14.3. The van der Waals surface area contributed by atoms with Gasteiger partial charge in [-0.05, 0) is 31.0 Å². The molecule has 1 aromatic carbocycles. The van der Waals surface area contributed by atoms with E-state index in [1.54, 1.807) is 20.4 Å². The van der Waals surface area contributed by atoms with Gasteiger partial charge in [-0.3, -0.25) is 9.67 Å². The quantitative estimate of drug-likeness (QED) is 0.628. The number of nitrogens with zero attached hydrogens (tertiary/aromatic N) is 3. The highest BCUT2D eigenvalue weighted by Crippen LogP contribution is 2.19. The fraction of sp³-hybridized carbons (Fsp3) is 0.412. The smallest absolute Gasteiger partial charge is 0.191 e. The molecule has 124 valence electrons. The molecule has 0 aliphatic carbocycles. The van der Waals surface area contributed by atoms with E-state index in [1.807, 2.05) is 23.9 Å². The van der Waals surface area contributed by atoms with Crippen LogP contribution in [-0.4, -0.2) is 36.4 Å². The fourth-order valence-electron chi connectivity index (χ4n) is 2.39. The van der Waals surface area contributed by atoms with Gasteiger partial charge in [0.15, 0.2) is 5.96 Å². The summed E-state index contributed by atoms with van der Waals surface area (Å²) in [5.74, 6) is 1.70. The summed E-state index contributed by atoms with van der Waals surface area (Å²) in [6, 6.07) is 8.22. The maximum absolute atomic E-state index is 5.41. The highest BCUT2D eigenvalue weighted by atomic mass is 16.5. The molecule has 0 radical (unpaired) electrons. The summed E-state index contributed by atoms with van der Waals surface area (Å²) < 4.78 is 7.26. The first kappa shape index (κ1) is 16.9. The Bertz CT molecular complexity index is 663. The van der Waals surface area contributed by atoms with Crippen LogP contribution < -0.4 is 15.4 Å². The van der Waals surface area contributed by atoms with Crippen LogP contribution in [0.2, 0.25) is 0 Å². The number of rotatable bonds is 6. The van der Waals surface area contributed by atoms with Crippen molar-refractivity contribution in [2.75, 3.05) is 20.7 Å². The lowest BCUT2D eigenvalue weighted by Crippen LogP contribution is -2.38. The number of methoxy groups -OCH3 is 1. The molecular weight excluding hydrogens is 290 g/mol. The first-order chi connectivity index (χ1) is 11.1. The van der Waals surface area contributed by atoms with Gasteiger partial charge in [-0.15, -0.1) is 0 Å². The van der Waals surface area contributed by atoms with Crippen molar-refractivity contribution in [3.63, 3.8) is 0 Å². The van der Waals surface area contributed by atoms with Crippen LogP contribution in [-0.2, 0) is 20.0 Å². The number of aliphatic imine (C=N–C) groups is 1. The zero-order chi connectivity index (χ0) is 16.7. The third-order valence-corrected chi connectivity index (χ3v) is 3.71. The lowest BCUT2D eigenvalue weighted by atomic mass is 10.1. The average Bonchev–Trinajstić information content (AvgIpc) is 2.96. The van der Waals surface area contributed by atoms with Crippen molar-refractivity contribution in [2.24, 2.45) is 12.0 Å². The Morgan fingerprint density at radius 3 is 2.78 bits per heavy atom. The van der Waals surface area contributed by atoms with Crippen molar-refractivity contribution in [3.05, 3.63) is 47.3 Å². The van der Waals surface area contributed by atoms with E-state index in [-0.39, 0.29) is 0 Å². The second kappa shape index (κ2) is 8.22. The third kappa shape index (κ3) is 4.74. The lowest BCUT2D eigenvalue weighted by Gasteiger charge is -2.13. The summed E-state index contributed by atoms with van der Waals surface area (Å²) in [7, 11) is 5.40. The van der Waals surface area contributed by atoms with Crippen LogP contribution in [0.1, 0.15) is 16.8 Å². The number of nitrogens with one attached hydrogen (secondary N) is 2. The molecule has 0 aliphatic heterocycles. The molecule has 0 fully saturated rings. The van der Waals surface area contributed by atoms with Gasteiger partial charge in [0.05, 0.1) is 19.3 Å². The van der Waals surface area contributed by atoms with Crippen LogP contribution in [0.15, 0.2) is 35.5 Å².